The molecule has 0 fully saturated rings. The van der Waals surface area contributed by atoms with Crippen LogP contribution in [0.3, 0.4) is 0 Å². The summed E-state index contributed by atoms with van der Waals surface area (Å²) in [5.41, 5.74) is 0.814. The Morgan fingerprint density at radius 2 is 1.60 bits per heavy atom. The van der Waals surface area contributed by atoms with E-state index >= 15 is 4.39 Å². The summed E-state index contributed by atoms with van der Waals surface area (Å²) >= 11 is 0. The number of fused-ring (bicyclic) bond motifs is 5. The minimum absolute atomic E-state index is 0.0187. The van der Waals surface area contributed by atoms with E-state index < -0.39 is 103 Å². The number of ether oxygens (including phenoxy) is 2. The Hall–Kier alpha value is -8.18. The van der Waals surface area contributed by atoms with Gasteiger partial charge in [0.15, 0.2) is 5.60 Å². The van der Waals surface area contributed by atoms with Crippen molar-refractivity contribution in [2.45, 2.75) is 96.1 Å². The molecular weight excluding hydrogens is 978 g/mol. The minimum Gasteiger partial charge on any atom is -0.458 e. The Kier molecular flexibility index (Phi) is 15.4. The third-order valence-electron chi connectivity index (χ3n) is 13.6. The second kappa shape index (κ2) is 22.9. The lowest BCUT2D eigenvalue weighted by Crippen LogP contribution is -2.52. The summed E-state index contributed by atoms with van der Waals surface area (Å²) in [7, 11) is 0. The predicted molar refractivity (Wildman–Crippen MR) is 263 cm³/mol. The van der Waals surface area contributed by atoms with Gasteiger partial charge in [-0.1, -0.05) is 43.7 Å². The average Bonchev–Trinajstić information content (AvgIpc) is 4.21. The van der Waals surface area contributed by atoms with Crippen molar-refractivity contribution in [2.24, 2.45) is 0 Å². The quantitative estimate of drug-likeness (QED) is 0.0212. The first-order valence-corrected chi connectivity index (χ1v) is 24.4. The Morgan fingerprint density at radius 3 is 2.35 bits per heavy atom. The van der Waals surface area contributed by atoms with Gasteiger partial charge in [-0.2, -0.15) is 0 Å². The second-order valence-corrected chi connectivity index (χ2v) is 18.4. The first-order valence-electron chi connectivity index (χ1n) is 25.4. The van der Waals surface area contributed by atoms with E-state index in [1.54, 1.807) is 44.2 Å². The van der Waals surface area contributed by atoms with E-state index in [9.17, 15) is 53.1 Å². The van der Waals surface area contributed by atoms with E-state index in [4.69, 9.17) is 17.2 Å². The number of cyclic esters (lactones) is 1. The van der Waals surface area contributed by atoms with Crippen molar-refractivity contribution in [3.05, 3.63) is 110 Å². The van der Waals surface area contributed by atoms with Crippen molar-refractivity contribution < 1.29 is 64.9 Å². The highest BCUT2D eigenvalue weighted by Gasteiger charge is 2.46. The van der Waals surface area contributed by atoms with Gasteiger partial charge in [-0.3, -0.25) is 48.1 Å². The van der Waals surface area contributed by atoms with Crippen LogP contribution in [-0.2, 0) is 84.2 Å². The number of aliphatic hydroxyl groups is 1. The number of benzene rings is 2. The molecule has 0 spiro atoms. The van der Waals surface area contributed by atoms with Crippen molar-refractivity contribution in [3.8, 4) is 11.4 Å². The van der Waals surface area contributed by atoms with E-state index in [2.05, 4.69) is 31.9 Å². The van der Waals surface area contributed by atoms with Gasteiger partial charge in [-0.25, -0.2) is 14.2 Å². The number of imide groups is 1. The monoisotopic (exact) mass is 1040 g/mol. The van der Waals surface area contributed by atoms with E-state index in [1.165, 1.54) is 28.9 Å². The van der Waals surface area contributed by atoms with Gasteiger partial charge in [0, 0.05) is 54.1 Å². The average molecular weight is 1040 g/mol. The largest absolute Gasteiger partial charge is 0.458 e. The maximum Gasteiger partial charge on any atom is 0.343 e. The molecule has 75 heavy (non-hydrogen) atoms. The van der Waals surface area contributed by atoms with Crippen LogP contribution in [0.5, 0.6) is 0 Å². The minimum atomic E-state index is -3.05. The number of amides is 8. The normalized spacial score (nSPS) is 17.9. The molecule has 0 saturated heterocycles. The fourth-order valence-corrected chi connectivity index (χ4v) is 9.65. The van der Waals surface area contributed by atoms with Crippen LogP contribution in [0.2, 0.25) is 0 Å². The first kappa shape index (κ1) is 50.4. The van der Waals surface area contributed by atoms with Crippen molar-refractivity contribution in [1.29, 1.82) is 0 Å². The third-order valence-corrected chi connectivity index (χ3v) is 13.6. The Bertz CT molecular complexity index is 3190. The molecule has 0 saturated carbocycles. The number of hydrogen-bond acceptors (Lipinski definition) is 14. The van der Waals surface area contributed by atoms with Crippen molar-refractivity contribution in [3.63, 3.8) is 0 Å². The number of rotatable bonds is 22. The molecule has 22 nitrogen and oxygen atoms in total. The Balaban J connectivity index is 0.833. The SMILES string of the molecule is [2H]C([2H])(OCNC(=O)CNC(=O)[C@H](Cc1ccccc1)NC(=O)CNC(=O)CNC(=O)CCCCCN1C(=O)C=CC1=O)C(=O)N[C@H]1CCc2c(C)c(F)cc3nc4c(c1c23)Cn1c-4cc2c(c1=O)COC(=O)[C@]2(O)CC. The molecule has 0 radical (unpaired) electrons. The topological polar surface area (TPSA) is 303 Å². The molecule has 394 valence electrons. The molecule has 2 aromatic carbocycles. The molecule has 5 heterocycles. The number of carbonyl (C=O) groups excluding carboxylic acids is 9. The van der Waals surface area contributed by atoms with E-state index in [0.717, 1.165) is 4.90 Å². The van der Waals surface area contributed by atoms with Gasteiger partial charge in [-0.05, 0) is 67.3 Å². The maximum absolute atomic E-state index is 15.4. The van der Waals surface area contributed by atoms with Gasteiger partial charge < -0.3 is 51.0 Å². The standard InChI is InChI=1S/C52H56FN9O13/c1-3-52(73)33-19-38-48-31(24-62(38)50(71)32(33)25-75-51(52)72)47-35(14-13-30-28(2)34(53)20-36(60-48)46(30)47)58-43(67)26-74-27-57-41(65)22-56-49(70)37(18-29-10-6-4-7-11-29)59-42(66)23-55-40(64)21-54-39(63)12-8-5-9-17-61-44(68)15-16-45(61)69/h4,6-7,10-11,15-16,19-20,35,37,73H,3,5,8-9,12-14,17-18,21-27H2,1-2H3,(H,54,63)(H,55,64)(H,56,70)(H,57,65)(H,58,67)(H,59,66)/t35-,37-,52-/m0/s1/i26D2. The molecule has 8 amide bonds. The molecular formula is C52H56FN9O13. The van der Waals surface area contributed by atoms with Crippen LogP contribution >= 0.6 is 0 Å². The summed E-state index contributed by atoms with van der Waals surface area (Å²) < 4.78 is 44.2. The molecule has 2 aromatic heterocycles. The first-order chi connectivity index (χ1) is 36.7. The van der Waals surface area contributed by atoms with Crippen LogP contribution in [0.15, 0.2) is 59.4 Å². The highest BCUT2D eigenvalue weighted by atomic mass is 19.1. The third kappa shape index (κ3) is 11.6. The maximum atomic E-state index is 15.4. The zero-order chi connectivity index (χ0) is 55.3. The number of pyridine rings is 2. The molecule has 23 heteroatoms. The molecule has 4 aliphatic rings. The van der Waals surface area contributed by atoms with Gasteiger partial charge in [0.1, 0.15) is 31.8 Å². The van der Waals surface area contributed by atoms with E-state index in [1.807, 2.05) is 0 Å². The number of unbranched alkanes of at least 4 members (excludes halogenated alkanes) is 2. The van der Waals surface area contributed by atoms with E-state index in [0.29, 0.717) is 52.5 Å². The summed E-state index contributed by atoms with van der Waals surface area (Å²) in [5.74, 6) is -6.94. The molecule has 0 unspecified atom stereocenters. The molecule has 1 aliphatic carbocycles. The lowest BCUT2D eigenvalue weighted by Gasteiger charge is -2.31. The van der Waals surface area contributed by atoms with Crippen molar-refractivity contribution in [2.75, 3.05) is 39.5 Å². The lowest BCUT2D eigenvalue weighted by molar-refractivity contribution is -0.172. The number of carbonyl (C=O) groups is 9. The zero-order valence-electron chi connectivity index (χ0n) is 43.0. The molecule has 3 aliphatic heterocycles. The number of hydrogen-bond donors (Lipinski definition) is 7. The Labute approximate surface area is 431 Å². The summed E-state index contributed by atoms with van der Waals surface area (Å²) in [6.45, 7) is -2.54. The number of nitrogens with zero attached hydrogens (tertiary/aromatic N) is 3. The smallest absolute Gasteiger partial charge is 0.343 e. The molecule has 3 atom stereocenters. The highest BCUT2D eigenvalue weighted by molar-refractivity contribution is 6.12. The predicted octanol–water partition coefficient (Wildman–Crippen LogP) is 0.282. The van der Waals surface area contributed by atoms with Gasteiger partial charge in [0.2, 0.25) is 35.4 Å². The number of aromatic nitrogens is 2. The molecule has 4 aromatic rings. The van der Waals surface area contributed by atoms with Gasteiger partial charge in [0.25, 0.3) is 17.4 Å². The number of nitrogens with one attached hydrogen (secondary N) is 6. The fraction of sp³-hybridized carbons (Fsp3) is 0.404. The van der Waals surface area contributed by atoms with Gasteiger partial charge in [0.05, 0.1) is 57.4 Å². The van der Waals surface area contributed by atoms with Crippen molar-refractivity contribution in [1.82, 2.24) is 46.4 Å². The van der Waals surface area contributed by atoms with Crippen LogP contribution < -0.4 is 37.5 Å². The van der Waals surface area contributed by atoms with E-state index in [-0.39, 0.29) is 91.6 Å². The number of aryl methyl sites for hydroxylation is 1. The summed E-state index contributed by atoms with van der Waals surface area (Å²) in [6, 6.07) is 9.20. The highest BCUT2D eigenvalue weighted by Crippen LogP contribution is 2.46. The Morgan fingerprint density at radius 1 is 0.893 bits per heavy atom. The number of halogens is 1. The van der Waals surface area contributed by atoms with Crippen molar-refractivity contribution >= 4 is 64.1 Å². The van der Waals surface area contributed by atoms with Gasteiger partial charge in [-0.15, -0.1) is 0 Å². The van der Waals surface area contributed by atoms with Crippen LogP contribution in [0.4, 0.5) is 4.39 Å². The van der Waals surface area contributed by atoms with Crippen LogP contribution in [-0.4, -0.2) is 118 Å². The fourth-order valence-electron chi connectivity index (χ4n) is 9.65. The zero-order valence-corrected chi connectivity index (χ0v) is 41.0. The van der Waals surface area contributed by atoms with Crippen LogP contribution in [0, 0.1) is 12.7 Å². The molecule has 8 rings (SSSR count). The second-order valence-electron chi connectivity index (χ2n) is 18.4. The van der Waals surface area contributed by atoms with Crippen LogP contribution in [0.1, 0.15) is 93.2 Å². The summed E-state index contributed by atoms with van der Waals surface area (Å²) in [5, 5.41) is 26.6. The lowest BCUT2D eigenvalue weighted by atomic mass is 9.81. The molecule has 7 N–H and O–H groups in total. The number of esters is 1. The van der Waals surface area contributed by atoms with Gasteiger partial charge >= 0.3 is 5.97 Å². The molecule has 0 bridgehead atoms. The summed E-state index contributed by atoms with van der Waals surface area (Å²) in [6.07, 6.45) is 4.32. The van der Waals surface area contributed by atoms with Crippen LogP contribution in [0.25, 0.3) is 22.3 Å². The summed E-state index contributed by atoms with van der Waals surface area (Å²) in [4.78, 5) is 134.